The Morgan fingerprint density at radius 3 is 2.63 bits per heavy atom. The van der Waals surface area contributed by atoms with E-state index in [-0.39, 0.29) is 29.0 Å². The number of amides is 1. The summed E-state index contributed by atoms with van der Waals surface area (Å²) < 4.78 is 44.2. The standard InChI is InChI=1S/C18H18F3N3O3/c1-3-23(9-15-11(2)6-7-27-15)16(25)12-4-5-13-14(8-12)24(17(26)22-13)10-18(19,20)21/h4-8H,3,9-10H2,1-2H3,(H,22,26). The van der Waals surface area contributed by atoms with Crippen LogP contribution >= 0.6 is 0 Å². The van der Waals surface area contributed by atoms with Crippen LogP contribution < -0.4 is 5.69 Å². The average Bonchev–Trinajstić information content (AvgIpc) is 3.14. The first-order valence-corrected chi connectivity index (χ1v) is 8.31. The number of carbonyl (C=O) groups is 1. The topological polar surface area (TPSA) is 71.2 Å². The van der Waals surface area contributed by atoms with Crippen LogP contribution in [0.25, 0.3) is 11.0 Å². The number of hydrogen-bond donors (Lipinski definition) is 1. The number of aromatic amines is 1. The number of aryl methyl sites for hydroxylation is 1. The highest BCUT2D eigenvalue weighted by Crippen LogP contribution is 2.21. The maximum absolute atomic E-state index is 12.8. The first-order chi connectivity index (χ1) is 12.7. The second-order valence-corrected chi connectivity index (χ2v) is 6.21. The lowest BCUT2D eigenvalue weighted by atomic mass is 10.1. The van der Waals surface area contributed by atoms with Gasteiger partial charge in [-0.25, -0.2) is 4.79 Å². The third kappa shape index (κ3) is 3.91. The van der Waals surface area contributed by atoms with E-state index in [0.717, 1.165) is 5.56 Å². The molecule has 27 heavy (non-hydrogen) atoms. The molecule has 1 aromatic carbocycles. The van der Waals surface area contributed by atoms with E-state index in [0.29, 0.717) is 16.9 Å². The number of alkyl halides is 3. The second-order valence-electron chi connectivity index (χ2n) is 6.21. The zero-order valence-corrected chi connectivity index (χ0v) is 14.8. The van der Waals surface area contributed by atoms with Crippen molar-refractivity contribution in [2.45, 2.75) is 33.1 Å². The van der Waals surface area contributed by atoms with E-state index in [9.17, 15) is 22.8 Å². The predicted molar refractivity (Wildman–Crippen MR) is 92.5 cm³/mol. The maximum atomic E-state index is 12.8. The van der Waals surface area contributed by atoms with Crippen LogP contribution in [-0.4, -0.2) is 33.1 Å². The van der Waals surface area contributed by atoms with E-state index in [2.05, 4.69) is 4.98 Å². The molecule has 9 heteroatoms. The molecule has 0 saturated carbocycles. The van der Waals surface area contributed by atoms with Crippen molar-refractivity contribution in [3.63, 3.8) is 0 Å². The monoisotopic (exact) mass is 381 g/mol. The lowest BCUT2D eigenvalue weighted by molar-refractivity contribution is -0.140. The van der Waals surface area contributed by atoms with Crippen molar-refractivity contribution in [3.05, 3.63) is 57.9 Å². The second kappa shape index (κ2) is 6.98. The maximum Gasteiger partial charge on any atom is 0.406 e. The van der Waals surface area contributed by atoms with E-state index in [1.54, 1.807) is 13.0 Å². The van der Waals surface area contributed by atoms with Crippen LogP contribution in [0, 0.1) is 6.92 Å². The van der Waals surface area contributed by atoms with Gasteiger partial charge in [-0.15, -0.1) is 0 Å². The van der Waals surface area contributed by atoms with Crippen LogP contribution in [-0.2, 0) is 13.1 Å². The number of nitrogens with zero attached hydrogens (tertiary/aromatic N) is 2. The summed E-state index contributed by atoms with van der Waals surface area (Å²) in [4.78, 5) is 28.6. The third-order valence-electron chi connectivity index (χ3n) is 4.33. The van der Waals surface area contributed by atoms with Crippen molar-refractivity contribution in [3.8, 4) is 0 Å². The molecular weight excluding hydrogens is 363 g/mol. The fraction of sp³-hybridized carbons (Fsp3) is 0.333. The summed E-state index contributed by atoms with van der Waals surface area (Å²) in [5, 5.41) is 0. The number of hydrogen-bond acceptors (Lipinski definition) is 3. The normalized spacial score (nSPS) is 11.9. The summed E-state index contributed by atoms with van der Waals surface area (Å²) in [7, 11) is 0. The quantitative estimate of drug-likeness (QED) is 0.736. The van der Waals surface area contributed by atoms with Crippen molar-refractivity contribution in [2.75, 3.05) is 6.54 Å². The number of imidazole rings is 1. The molecule has 0 aliphatic rings. The SMILES string of the molecule is CCN(Cc1occc1C)C(=O)c1ccc2[nH]c(=O)n(CC(F)(F)F)c2c1. The molecule has 3 aromatic rings. The summed E-state index contributed by atoms with van der Waals surface area (Å²) in [6.45, 7) is 2.87. The number of aromatic nitrogens is 2. The van der Waals surface area contributed by atoms with Gasteiger partial charge in [0, 0.05) is 12.1 Å². The Bertz CT molecular complexity index is 1030. The molecule has 0 atom stereocenters. The first-order valence-electron chi connectivity index (χ1n) is 8.31. The van der Waals surface area contributed by atoms with Gasteiger partial charge in [-0.1, -0.05) is 0 Å². The molecule has 1 N–H and O–H groups in total. The molecule has 3 rings (SSSR count). The Morgan fingerprint density at radius 2 is 2.04 bits per heavy atom. The van der Waals surface area contributed by atoms with Crippen molar-refractivity contribution in [2.24, 2.45) is 0 Å². The molecule has 0 aliphatic carbocycles. The number of furan rings is 1. The molecule has 0 fully saturated rings. The van der Waals surface area contributed by atoms with Crippen LogP contribution in [0.3, 0.4) is 0 Å². The number of H-pyrrole nitrogens is 1. The van der Waals surface area contributed by atoms with Gasteiger partial charge in [0.25, 0.3) is 5.91 Å². The molecule has 0 bridgehead atoms. The highest BCUT2D eigenvalue weighted by atomic mass is 19.4. The lowest BCUT2D eigenvalue weighted by Gasteiger charge is -2.20. The van der Waals surface area contributed by atoms with Crippen molar-refractivity contribution >= 4 is 16.9 Å². The smallest absolute Gasteiger partial charge is 0.406 e. The van der Waals surface area contributed by atoms with Gasteiger partial charge in [-0.3, -0.25) is 9.36 Å². The molecule has 0 unspecified atom stereocenters. The van der Waals surface area contributed by atoms with Gasteiger partial charge in [0.2, 0.25) is 0 Å². The fourth-order valence-electron chi connectivity index (χ4n) is 2.87. The van der Waals surface area contributed by atoms with E-state index in [1.165, 1.54) is 29.4 Å². The number of halogens is 3. The van der Waals surface area contributed by atoms with E-state index in [1.807, 2.05) is 6.92 Å². The van der Waals surface area contributed by atoms with Gasteiger partial charge in [0.05, 0.1) is 23.8 Å². The van der Waals surface area contributed by atoms with Gasteiger partial charge >= 0.3 is 11.9 Å². The number of rotatable bonds is 5. The zero-order chi connectivity index (χ0) is 19.8. The number of benzene rings is 1. The molecule has 1 amide bonds. The Kier molecular flexibility index (Phi) is 4.86. The minimum Gasteiger partial charge on any atom is -0.467 e. The molecule has 2 heterocycles. The van der Waals surface area contributed by atoms with Gasteiger partial charge in [-0.2, -0.15) is 13.2 Å². The summed E-state index contributed by atoms with van der Waals surface area (Å²) in [6.07, 6.45) is -3.02. The van der Waals surface area contributed by atoms with Crippen LogP contribution in [0.2, 0.25) is 0 Å². The summed E-state index contributed by atoms with van der Waals surface area (Å²) >= 11 is 0. The van der Waals surface area contributed by atoms with Gasteiger partial charge < -0.3 is 14.3 Å². The van der Waals surface area contributed by atoms with E-state index in [4.69, 9.17) is 4.42 Å². The Labute approximate surface area is 152 Å². The molecule has 2 aromatic heterocycles. The van der Waals surface area contributed by atoms with Gasteiger partial charge in [0.1, 0.15) is 12.3 Å². The third-order valence-corrected chi connectivity index (χ3v) is 4.33. The zero-order valence-electron chi connectivity index (χ0n) is 14.8. The van der Waals surface area contributed by atoms with Crippen LogP contribution in [0.5, 0.6) is 0 Å². The van der Waals surface area contributed by atoms with E-state index < -0.39 is 18.4 Å². The minimum absolute atomic E-state index is 0.0356. The van der Waals surface area contributed by atoms with Gasteiger partial charge in [-0.05, 0) is 43.7 Å². The first kappa shape index (κ1) is 18.8. The van der Waals surface area contributed by atoms with Crippen LogP contribution in [0.4, 0.5) is 13.2 Å². The van der Waals surface area contributed by atoms with Crippen molar-refractivity contribution in [1.82, 2.24) is 14.5 Å². The largest absolute Gasteiger partial charge is 0.467 e. The highest BCUT2D eigenvalue weighted by molar-refractivity contribution is 5.97. The Hall–Kier alpha value is -2.97. The molecule has 144 valence electrons. The van der Waals surface area contributed by atoms with Crippen molar-refractivity contribution in [1.29, 1.82) is 0 Å². The van der Waals surface area contributed by atoms with Gasteiger partial charge in [0.15, 0.2) is 0 Å². The van der Waals surface area contributed by atoms with Crippen LogP contribution in [0.1, 0.15) is 28.6 Å². The summed E-state index contributed by atoms with van der Waals surface area (Å²) in [6, 6.07) is 6.01. The highest BCUT2D eigenvalue weighted by Gasteiger charge is 2.30. The molecular formula is C18H18F3N3O3. The fourth-order valence-corrected chi connectivity index (χ4v) is 2.87. The van der Waals surface area contributed by atoms with Crippen molar-refractivity contribution < 1.29 is 22.4 Å². The van der Waals surface area contributed by atoms with Crippen LogP contribution in [0.15, 0.2) is 39.7 Å². The Balaban J connectivity index is 1.95. The summed E-state index contributed by atoms with van der Waals surface area (Å²) in [5.41, 5.74) is 0.509. The number of nitrogens with one attached hydrogen (secondary N) is 1. The molecule has 0 aliphatic heterocycles. The van der Waals surface area contributed by atoms with E-state index >= 15 is 0 Å². The Morgan fingerprint density at radius 1 is 1.30 bits per heavy atom. The number of fused-ring (bicyclic) bond motifs is 1. The average molecular weight is 381 g/mol. The summed E-state index contributed by atoms with van der Waals surface area (Å²) in [5.74, 6) is 0.282. The number of carbonyl (C=O) groups excluding carboxylic acids is 1. The molecule has 0 spiro atoms. The minimum atomic E-state index is -4.55. The molecule has 0 radical (unpaired) electrons. The predicted octanol–water partition coefficient (Wildman–Crippen LogP) is 3.46. The molecule has 0 saturated heterocycles. The lowest BCUT2D eigenvalue weighted by Crippen LogP contribution is -2.30. The molecule has 6 nitrogen and oxygen atoms in total.